The minimum Gasteiger partial charge on any atom is -0.387 e. The van der Waals surface area contributed by atoms with E-state index in [9.17, 15) is 5.11 Å². The smallest absolute Gasteiger partial charge is 0.0978 e. The SMILES string of the molecule is CCSC1(SCC)C(C)(C)C1(C)O. The molecule has 0 spiro atoms. The van der Waals surface area contributed by atoms with E-state index >= 15 is 0 Å². The van der Waals surface area contributed by atoms with Gasteiger partial charge in [-0.25, -0.2) is 0 Å². The first-order chi connectivity index (χ1) is 5.87. The molecule has 0 aromatic rings. The molecule has 0 radical (unpaired) electrons. The molecule has 1 rings (SSSR count). The zero-order valence-electron chi connectivity index (χ0n) is 9.18. The lowest BCUT2D eigenvalue weighted by Crippen LogP contribution is -2.16. The first-order valence-corrected chi connectivity index (χ1v) is 6.84. The lowest BCUT2D eigenvalue weighted by molar-refractivity contribution is 0.129. The predicted molar refractivity (Wildman–Crippen MR) is 63.4 cm³/mol. The van der Waals surface area contributed by atoms with Crippen molar-refractivity contribution in [1.82, 2.24) is 0 Å². The van der Waals surface area contributed by atoms with Crippen molar-refractivity contribution < 1.29 is 5.11 Å². The Balaban J connectivity index is 2.84. The second kappa shape index (κ2) is 3.35. The Bertz CT molecular complexity index is 177. The molecule has 0 saturated heterocycles. The summed E-state index contributed by atoms with van der Waals surface area (Å²) in [6.45, 7) is 10.6. The molecule has 0 aromatic heterocycles. The molecule has 1 aliphatic rings. The van der Waals surface area contributed by atoms with E-state index in [0.717, 1.165) is 11.5 Å². The summed E-state index contributed by atoms with van der Waals surface area (Å²) < 4.78 is 0.0312. The van der Waals surface area contributed by atoms with Crippen molar-refractivity contribution in [3.05, 3.63) is 0 Å². The third kappa shape index (κ3) is 1.27. The maximum Gasteiger partial charge on any atom is 0.0978 e. The van der Waals surface area contributed by atoms with Gasteiger partial charge < -0.3 is 5.11 Å². The largest absolute Gasteiger partial charge is 0.387 e. The van der Waals surface area contributed by atoms with E-state index in [1.54, 1.807) is 0 Å². The Labute approximate surface area is 90.1 Å². The van der Waals surface area contributed by atoms with Crippen LogP contribution in [0.15, 0.2) is 0 Å². The molecule has 1 unspecified atom stereocenters. The molecule has 1 nitrogen and oxygen atoms in total. The summed E-state index contributed by atoms with van der Waals surface area (Å²) in [5, 5.41) is 10.3. The maximum atomic E-state index is 10.3. The van der Waals surface area contributed by atoms with E-state index in [1.165, 1.54) is 0 Å². The predicted octanol–water partition coefficient (Wildman–Crippen LogP) is 2.98. The third-order valence-corrected chi connectivity index (χ3v) is 7.23. The number of hydrogen-bond donors (Lipinski definition) is 1. The Morgan fingerprint density at radius 2 is 1.31 bits per heavy atom. The zero-order valence-corrected chi connectivity index (χ0v) is 10.8. The monoisotopic (exact) mass is 220 g/mol. The van der Waals surface area contributed by atoms with E-state index in [-0.39, 0.29) is 9.49 Å². The fourth-order valence-electron chi connectivity index (χ4n) is 2.07. The van der Waals surface area contributed by atoms with Gasteiger partial charge in [0.25, 0.3) is 0 Å². The highest BCUT2D eigenvalue weighted by atomic mass is 32.2. The summed E-state index contributed by atoms with van der Waals surface area (Å²) in [6, 6.07) is 0. The molecule has 1 saturated carbocycles. The van der Waals surface area contributed by atoms with Crippen LogP contribution in [0, 0.1) is 5.41 Å². The van der Waals surface area contributed by atoms with Crippen LogP contribution in [0.25, 0.3) is 0 Å². The molecular weight excluding hydrogens is 200 g/mol. The molecule has 13 heavy (non-hydrogen) atoms. The molecule has 0 bridgehead atoms. The van der Waals surface area contributed by atoms with Crippen molar-refractivity contribution in [2.24, 2.45) is 5.41 Å². The van der Waals surface area contributed by atoms with Gasteiger partial charge in [-0.05, 0) is 18.4 Å². The summed E-state index contributed by atoms with van der Waals surface area (Å²) in [7, 11) is 0. The van der Waals surface area contributed by atoms with Crippen LogP contribution in [-0.4, -0.2) is 26.3 Å². The number of rotatable bonds is 4. The number of thioether (sulfide) groups is 2. The second-order valence-corrected chi connectivity index (χ2v) is 7.40. The van der Waals surface area contributed by atoms with Crippen LogP contribution in [0.5, 0.6) is 0 Å². The van der Waals surface area contributed by atoms with Crippen molar-refractivity contribution in [1.29, 1.82) is 0 Å². The molecule has 78 valence electrons. The summed E-state index contributed by atoms with van der Waals surface area (Å²) >= 11 is 3.79. The lowest BCUT2D eigenvalue weighted by atomic mass is 10.1. The zero-order chi connectivity index (χ0) is 10.3. The highest BCUT2D eigenvalue weighted by molar-refractivity contribution is 8.18. The summed E-state index contributed by atoms with van der Waals surface area (Å²) in [4.78, 5) is 0. The molecule has 1 aliphatic carbocycles. The third-order valence-electron chi connectivity index (χ3n) is 3.31. The van der Waals surface area contributed by atoms with Crippen molar-refractivity contribution in [2.45, 2.75) is 44.3 Å². The Hall–Kier alpha value is 0.660. The lowest BCUT2D eigenvalue weighted by Gasteiger charge is -2.17. The summed E-state index contributed by atoms with van der Waals surface area (Å²) in [5.74, 6) is 2.15. The average molecular weight is 220 g/mol. The van der Waals surface area contributed by atoms with Gasteiger partial charge in [-0.2, -0.15) is 0 Å². The first kappa shape index (κ1) is 11.7. The van der Waals surface area contributed by atoms with Gasteiger partial charge in [0.15, 0.2) is 0 Å². The molecule has 1 fully saturated rings. The Morgan fingerprint density at radius 1 is 1.00 bits per heavy atom. The van der Waals surface area contributed by atoms with Crippen LogP contribution in [-0.2, 0) is 0 Å². The second-order valence-electron chi connectivity index (χ2n) is 4.18. The van der Waals surface area contributed by atoms with Crippen molar-refractivity contribution in [2.75, 3.05) is 11.5 Å². The van der Waals surface area contributed by atoms with Crippen LogP contribution in [0.4, 0.5) is 0 Å². The highest BCUT2D eigenvalue weighted by Crippen LogP contribution is 2.76. The normalized spacial score (nSPS) is 34.6. The number of aliphatic hydroxyl groups is 1. The van der Waals surface area contributed by atoms with Gasteiger partial charge in [-0.15, -0.1) is 23.5 Å². The van der Waals surface area contributed by atoms with Gasteiger partial charge in [0.1, 0.15) is 0 Å². The molecule has 0 aliphatic heterocycles. The standard InChI is InChI=1S/C10H20OS2/c1-6-12-10(13-7-2)8(3,4)9(10,5)11/h11H,6-7H2,1-5H3. The Kier molecular flexibility index (Phi) is 3.03. The van der Waals surface area contributed by atoms with Crippen molar-refractivity contribution in [3.63, 3.8) is 0 Å². The van der Waals surface area contributed by atoms with E-state index < -0.39 is 5.60 Å². The van der Waals surface area contributed by atoms with Crippen LogP contribution in [0.3, 0.4) is 0 Å². The van der Waals surface area contributed by atoms with E-state index in [4.69, 9.17) is 0 Å². The van der Waals surface area contributed by atoms with Gasteiger partial charge in [0.05, 0.1) is 9.68 Å². The van der Waals surface area contributed by atoms with E-state index in [1.807, 2.05) is 30.4 Å². The quantitative estimate of drug-likeness (QED) is 0.736. The van der Waals surface area contributed by atoms with Gasteiger partial charge in [0.2, 0.25) is 0 Å². The molecule has 0 aromatic carbocycles. The minimum atomic E-state index is -0.513. The van der Waals surface area contributed by atoms with Gasteiger partial charge in [-0.3, -0.25) is 0 Å². The molecule has 0 heterocycles. The van der Waals surface area contributed by atoms with Gasteiger partial charge >= 0.3 is 0 Å². The van der Waals surface area contributed by atoms with Crippen molar-refractivity contribution >= 4 is 23.5 Å². The van der Waals surface area contributed by atoms with Crippen LogP contribution < -0.4 is 0 Å². The molecule has 3 heteroatoms. The minimum absolute atomic E-state index is 0.0312. The molecule has 1 atom stereocenters. The first-order valence-electron chi connectivity index (χ1n) is 4.87. The van der Waals surface area contributed by atoms with Crippen LogP contribution >= 0.6 is 23.5 Å². The maximum absolute atomic E-state index is 10.3. The Morgan fingerprint density at radius 3 is 1.46 bits per heavy atom. The topological polar surface area (TPSA) is 20.2 Å². The molecule has 1 N–H and O–H groups in total. The van der Waals surface area contributed by atoms with E-state index in [0.29, 0.717) is 0 Å². The molecule has 0 amide bonds. The summed E-state index contributed by atoms with van der Waals surface area (Å²) in [6.07, 6.45) is 0. The van der Waals surface area contributed by atoms with E-state index in [2.05, 4.69) is 27.7 Å². The van der Waals surface area contributed by atoms with Gasteiger partial charge in [0, 0.05) is 5.41 Å². The summed E-state index contributed by atoms with van der Waals surface area (Å²) in [5.41, 5.74) is -0.470. The van der Waals surface area contributed by atoms with Gasteiger partial charge in [-0.1, -0.05) is 27.7 Å². The fourth-order valence-corrected chi connectivity index (χ4v) is 6.01. The average Bonchev–Trinajstić information content (AvgIpc) is 2.31. The number of hydrogen-bond acceptors (Lipinski definition) is 3. The van der Waals surface area contributed by atoms with Crippen LogP contribution in [0.1, 0.15) is 34.6 Å². The highest BCUT2D eigenvalue weighted by Gasteiger charge is 2.80. The van der Waals surface area contributed by atoms with Crippen LogP contribution in [0.2, 0.25) is 0 Å². The fraction of sp³-hybridized carbons (Fsp3) is 1.00. The van der Waals surface area contributed by atoms with Crippen molar-refractivity contribution in [3.8, 4) is 0 Å². The molecular formula is C10H20OS2.